The molecule has 1 fully saturated rings. The summed E-state index contributed by atoms with van der Waals surface area (Å²) in [4.78, 5) is 24.7. The van der Waals surface area contributed by atoms with Gasteiger partial charge in [-0.2, -0.15) is 0 Å². The second-order valence-corrected chi connectivity index (χ2v) is 7.56. The summed E-state index contributed by atoms with van der Waals surface area (Å²) in [6, 6.07) is 11.1. The fourth-order valence-corrected chi connectivity index (χ4v) is 3.29. The quantitative estimate of drug-likeness (QED) is 0.261. The number of cyclic esters (lactones) is 2. The molecule has 0 aliphatic carbocycles. The van der Waals surface area contributed by atoms with Crippen LogP contribution in [0.1, 0.15) is 45.3 Å². The van der Waals surface area contributed by atoms with Gasteiger partial charge in [0, 0.05) is 29.5 Å². The Morgan fingerprint density at radius 3 is 2.48 bits per heavy atom. The van der Waals surface area contributed by atoms with Crippen molar-refractivity contribution in [1.29, 1.82) is 0 Å². The van der Waals surface area contributed by atoms with Crippen LogP contribution >= 0.6 is 15.9 Å². The second kappa shape index (κ2) is 8.13. The first-order valence-corrected chi connectivity index (χ1v) is 9.74. The number of esters is 2. The SMILES string of the molecule is CCCCCC1(C)OC(=O)C(=Cc2ccc(-c3cccc(Br)c3)o2)C(=O)O1. The molecule has 5 nitrogen and oxygen atoms in total. The van der Waals surface area contributed by atoms with E-state index < -0.39 is 17.7 Å². The van der Waals surface area contributed by atoms with E-state index in [1.807, 2.05) is 24.3 Å². The minimum atomic E-state index is -1.20. The molecule has 2 heterocycles. The maximum atomic E-state index is 12.3. The fraction of sp³-hybridized carbons (Fsp3) is 0.333. The van der Waals surface area contributed by atoms with Crippen molar-refractivity contribution in [3.63, 3.8) is 0 Å². The normalized spacial score (nSPS) is 19.6. The van der Waals surface area contributed by atoms with Gasteiger partial charge in [-0.1, -0.05) is 47.8 Å². The van der Waals surface area contributed by atoms with Gasteiger partial charge in [0.05, 0.1) is 0 Å². The molecular weight excluding hydrogens is 412 g/mol. The predicted octanol–water partition coefficient (Wildman–Crippen LogP) is 5.49. The van der Waals surface area contributed by atoms with Gasteiger partial charge in [0.1, 0.15) is 17.1 Å². The van der Waals surface area contributed by atoms with Crippen molar-refractivity contribution >= 4 is 33.9 Å². The largest absolute Gasteiger partial charge is 0.457 e. The Bertz CT molecular complexity index is 860. The van der Waals surface area contributed by atoms with Crippen LogP contribution in [0, 0.1) is 0 Å². The summed E-state index contributed by atoms with van der Waals surface area (Å²) in [6.45, 7) is 3.70. The summed E-state index contributed by atoms with van der Waals surface area (Å²) in [7, 11) is 0. The molecule has 1 saturated heterocycles. The number of ether oxygens (including phenoxy) is 2. The molecule has 1 aliphatic heterocycles. The highest BCUT2D eigenvalue weighted by Gasteiger charge is 2.42. The molecule has 1 aliphatic rings. The highest BCUT2D eigenvalue weighted by molar-refractivity contribution is 9.10. The highest BCUT2D eigenvalue weighted by atomic mass is 79.9. The lowest BCUT2D eigenvalue weighted by Crippen LogP contribution is -2.44. The number of halogens is 1. The van der Waals surface area contributed by atoms with Crippen LogP contribution in [-0.4, -0.2) is 17.7 Å². The number of hydrogen-bond donors (Lipinski definition) is 0. The summed E-state index contributed by atoms with van der Waals surface area (Å²) < 4.78 is 17.4. The maximum absolute atomic E-state index is 12.3. The van der Waals surface area contributed by atoms with Gasteiger partial charge < -0.3 is 13.9 Å². The molecule has 0 radical (unpaired) electrons. The molecule has 142 valence electrons. The molecule has 27 heavy (non-hydrogen) atoms. The molecule has 0 N–H and O–H groups in total. The minimum absolute atomic E-state index is 0.168. The van der Waals surface area contributed by atoms with Crippen molar-refractivity contribution in [1.82, 2.24) is 0 Å². The standard InChI is InChI=1S/C21H21BrO5/c1-3-4-5-11-21(2)26-19(23)17(20(24)27-21)13-16-9-10-18(25-16)14-7-6-8-15(22)12-14/h6-10,12-13H,3-5,11H2,1-2H3. The van der Waals surface area contributed by atoms with Crippen LogP contribution in [0.5, 0.6) is 0 Å². The highest BCUT2D eigenvalue weighted by Crippen LogP contribution is 2.31. The van der Waals surface area contributed by atoms with Crippen LogP contribution in [0.25, 0.3) is 17.4 Å². The minimum Gasteiger partial charge on any atom is -0.457 e. The Kier molecular flexibility index (Phi) is 5.85. The van der Waals surface area contributed by atoms with E-state index in [0.29, 0.717) is 17.9 Å². The average Bonchev–Trinajstić information content (AvgIpc) is 3.07. The molecular formula is C21H21BrO5. The molecule has 0 saturated carbocycles. The van der Waals surface area contributed by atoms with Crippen LogP contribution in [0.2, 0.25) is 0 Å². The van der Waals surface area contributed by atoms with Crippen molar-refractivity contribution in [3.05, 3.63) is 52.2 Å². The van der Waals surface area contributed by atoms with E-state index in [1.165, 1.54) is 6.08 Å². The van der Waals surface area contributed by atoms with E-state index in [1.54, 1.807) is 19.1 Å². The third-order valence-corrected chi connectivity index (χ3v) is 4.81. The Hall–Kier alpha value is -2.34. The first-order chi connectivity index (χ1) is 12.9. The molecule has 0 unspecified atom stereocenters. The molecule has 0 atom stereocenters. The van der Waals surface area contributed by atoms with Crippen molar-refractivity contribution in [2.24, 2.45) is 0 Å². The summed E-state index contributed by atoms with van der Waals surface area (Å²) in [5, 5.41) is 0. The van der Waals surface area contributed by atoms with Crippen molar-refractivity contribution < 1.29 is 23.5 Å². The average molecular weight is 433 g/mol. The number of carbonyl (C=O) groups is 2. The van der Waals surface area contributed by atoms with Gasteiger partial charge in [0.15, 0.2) is 0 Å². The second-order valence-electron chi connectivity index (χ2n) is 6.64. The molecule has 1 aromatic heterocycles. The third kappa shape index (κ3) is 4.69. The fourth-order valence-electron chi connectivity index (χ4n) is 2.89. The Balaban J connectivity index is 1.76. The summed E-state index contributed by atoms with van der Waals surface area (Å²) in [5.74, 6) is -1.57. The zero-order chi connectivity index (χ0) is 19.4. The van der Waals surface area contributed by atoms with Crippen molar-refractivity contribution in [3.8, 4) is 11.3 Å². The molecule has 1 aromatic carbocycles. The van der Waals surface area contributed by atoms with Crippen LogP contribution in [0.15, 0.2) is 50.9 Å². The van der Waals surface area contributed by atoms with Gasteiger partial charge in [0.25, 0.3) is 5.79 Å². The van der Waals surface area contributed by atoms with Gasteiger partial charge in [-0.25, -0.2) is 9.59 Å². The number of rotatable bonds is 6. The van der Waals surface area contributed by atoms with Gasteiger partial charge in [0.2, 0.25) is 0 Å². The predicted molar refractivity (Wildman–Crippen MR) is 105 cm³/mol. The lowest BCUT2D eigenvalue weighted by atomic mass is 10.1. The lowest BCUT2D eigenvalue weighted by Gasteiger charge is -2.33. The maximum Gasteiger partial charge on any atom is 0.348 e. The van der Waals surface area contributed by atoms with Crippen LogP contribution in [0.3, 0.4) is 0 Å². The van der Waals surface area contributed by atoms with Gasteiger partial charge in [-0.15, -0.1) is 0 Å². The summed E-state index contributed by atoms with van der Waals surface area (Å²) in [5.41, 5.74) is 0.712. The number of carbonyl (C=O) groups excluding carboxylic acids is 2. The molecule has 0 amide bonds. The molecule has 3 rings (SSSR count). The molecule has 6 heteroatoms. The van der Waals surface area contributed by atoms with Crippen molar-refractivity contribution in [2.75, 3.05) is 0 Å². The third-order valence-electron chi connectivity index (χ3n) is 4.31. The van der Waals surface area contributed by atoms with Gasteiger partial charge in [-0.3, -0.25) is 0 Å². The Morgan fingerprint density at radius 1 is 1.07 bits per heavy atom. The zero-order valence-corrected chi connectivity index (χ0v) is 16.9. The number of benzene rings is 1. The first-order valence-electron chi connectivity index (χ1n) is 8.94. The summed E-state index contributed by atoms with van der Waals surface area (Å²) in [6.07, 6.45) is 4.68. The number of hydrogen-bond acceptors (Lipinski definition) is 5. The lowest BCUT2D eigenvalue weighted by molar-refractivity contribution is -0.231. The van der Waals surface area contributed by atoms with E-state index in [4.69, 9.17) is 13.9 Å². The van der Waals surface area contributed by atoms with Crippen LogP contribution in [0.4, 0.5) is 0 Å². The van der Waals surface area contributed by atoms with E-state index in [0.717, 1.165) is 29.3 Å². The Morgan fingerprint density at radius 2 is 1.81 bits per heavy atom. The van der Waals surface area contributed by atoms with E-state index in [2.05, 4.69) is 22.9 Å². The van der Waals surface area contributed by atoms with Crippen molar-refractivity contribution in [2.45, 2.75) is 45.3 Å². The van der Waals surface area contributed by atoms with Gasteiger partial charge >= 0.3 is 11.9 Å². The number of furan rings is 1. The monoisotopic (exact) mass is 432 g/mol. The molecule has 0 spiro atoms. The van der Waals surface area contributed by atoms with E-state index in [-0.39, 0.29) is 5.57 Å². The summed E-state index contributed by atoms with van der Waals surface area (Å²) >= 11 is 3.42. The molecule has 2 aromatic rings. The van der Waals surface area contributed by atoms with Crippen LogP contribution < -0.4 is 0 Å². The first kappa shape index (κ1) is 19.4. The number of unbranched alkanes of at least 4 members (excludes halogenated alkanes) is 2. The zero-order valence-electron chi connectivity index (χ0n) is 15.3. The molecule has 0 bridgehead atoms. The van der Waals surface area contributed by atoms with Gasteiger partial charge in [-0.05, 0) is 30.7 Å². The Labute approximate surface area is 166 Å². The topological polar surface area (TPSA) is 65.7 Å². The van der Waals surface area contributed by atoms with E-state index in [9.17, 15) is 9.59 Å². The smallest absolute Gasteiger partial charge is 0.348 e. The van der Waals surface area contributed by atoms with Crippen LogP contribution in [-0.2, 0) is 19.1 Å². The van der Waals surface area contributed by atoms with E-state index >= 15 is 0 Å².